The van der Waals surface area contributed by atoms with E-state index in [1.807, 2.05) is 39.2 Å². The lowest BCUT2D eigenvalue weighted by Gasteiger charge is -2.50. The van der Waals surface area contributed by atoms with Crippen molar-refractivity contribution in [1.29, 1.82) is 0 Å². The molecule has 1 saturated carbocycles. The maximum Gasteiger partial charge on any atom is 0.434 e. The minimum absolute atomic E-state index is 0.0496. The largest absolute Gasteiger partial charge is 0.463 e. The standard InChI is InChI=1S/C18H22ClIN4O3/c1-18(12-5-4-6-13(20)15(12)19)9-14(25)24(16(22-18)21-17(26)27)11-7-10(8-11)23(2)3/h4-6,10-11H,7-9H2,1-3H3,(H,21,22)(H,26,27)/t10?,11?,18-/m0/s1. The van der Waals surface area contributed by atoms with Crippen LogP contribution in [0.3, 0.4) is 0 Å². The molecule has 7 nitrogen and oxygen atoms in total. The molecule has 0 radical (unpaired) electrons. The minimum Gasteiger partial charge on any atom is -0.463 e. The highest BCUT2D eigenvalue weighted by Crippen LogP contribution is 2.38. The Kier molecular flexibility index (Phi) is 5.69. The van der Waals surface area contributed by atoms with Crippen LogP contribution in [0, 0.1) is 3.57 Å². The van der Waals surface area contributed by atoms with E-state index >= 15 is 0 Å². The van der Waals surface area contributed by atoms with Crippen molar-refractivity contribution >= 4 is 52.2 Å². The fourth-order valence-corrected chi connectivity index (χ4v) is 4.52. The molecule has 1 aliphatic heterocycles. The molecule has 2 fully saturated rings. The van der Waals surface area contributed by atoms with Crippen LogP contribution >= 0.6 is 34.2 Å². The van der Waals surface area contributed by atoms with E-state index in [0.29, 0.717) is 11.1 Å². The second kappa shape index (κ2) is 7.56. The number of halogens is 2. The summed E-state index contributed by atoms with van der Waals surface area (Å²) in [5.41, 5.74) is -0.0768. The van der Waals surface area contributed by atoms with Crippen molar-refractivity contribution < 1.29 is 14.7 Å². The number of guanidine groups is 1. The number of rotatable bonds is 3. The molecule has 1 atom stereocenters. The minimum atomic E-state index is -1.34. The first kappa shape index (κ1) is 20.3. The summed E-state index contributed by atoms with van der Waals surface area (Å²) in [7, 11) is 4.00. The summed E-state index contributed by atoms with van der Waals surface area (Å²) in [6.07, 6.45) is 0.422. The summed E-state index contributed by atoms with van der Waals surface area (Å²) in [6.45, 7) is 1.85. The zero-order valence-electron chi connectivity index (χ0n) is 15.4. The van der Waals surface area contributed by atoms with Crippen molar-refractivity contribution in [2.24, 2.45) is 4.99 Å². The average molecular weight is 505 g/mol. The number of benzene rings is 1. The lowest BCUT2D eigenvalue weighted by molar-refractivity contribution is -0.134. The van der Waals surface area contributed by atoms with Crippen LogP contribution in [0.2, 0.25) is 5.02 Å². The number of carbonyl (C=O) groups excluding carboxylic acids is 1. The van der Waals surface area contributed by atoms with Gasteiger partial charge in [0.15, 0.2) is 0 Å². The lowest BCUT2D eigenvalue weighted by Crippen LogP contribution is -2.66. The van der Waals surface area contributed by atoms with Gasteiger partial charge in [0.1, 0.15) is 0 Å². The Hall–Kier alpha value is -1.39. The molecule has 0 bridgehead atoms. The van der Waals surface area contributed by atoms with E-state index in [0.717, 1.165) is 22.0 Å². The van der Waals surface area contributed by atoms with Gasteiger partial charge in [-0.25, -0.2) is 4.79 Å². The quantitative estimate of drug-likeness (QED) is 0.618. The third kappa shape index (κ3) is 3.93. The van der Waals surface area contributed by atoms with Crippen LogP contribution in [0.5, 0.6) is 0 Å². The molecular formula is C18H22ClIN4O3. The molecule has 2 N–H and O–H groups in total. The Balaban J connectivity index is 1.93. The number of carbonyl (C=O) groups is 2. The highest BCUT2D eigenvalue weighted by Gasteiger charge is 2.47. The van der Waals surface area contributed by atoms with Crippen LogP contribution in [0.4, 0.5) is 4.79 Å². The number of hydrogen-bond acceptors (Lipinski definition) is 3. The molecule has 1 aliphatic carbocycles. The third-order valence-corrected chi connectivity index (χ3v) is 6.95. The average Bonchev–Trinajstić information content (AvgIpc) is 2.50. The second-order valence-corrected chi connectivity index (χ2v) is 9.00. The molecule has 2 amide bonds. The molecular weight excluding hydrogens is 483 g/mol. The summed E-state index contributed by atoms with van der Waals surface area (Å²) in [5, 5.41) is 13.0. The first-order valence-corrected chi connectivity index (χ1v) is 10.1. The van der Waals surface area contributed by atoms with E-state index in [1.54, 1.807) is 0 Å². The smallest absolute Gasteiger partial charge is 0.434 e. The molecule has 1 aromatic rings. The van der Waals surface area contributed by atoms with Crippen molar-refractivity contribution in [3.63, 3.8) is 0 Å². The van der Waals surface area contributed by atoms with Gasteiger partial charge in [0.2, 0.25) is 11.9 Å². The number of nitrogens with one attached hydrogen (secondary N) is 1. The van der Waals surface area contributed by atoms with Gasteiger partial charge in [0, 0.05) is 15.7 Å². The van der Waals surface area contributed by atoms with Crippen LogP contribution < -0.4 is 5.32 Å². The highest BCUT2D eigenvalue weighted by molar-refractivity contribution is 14.1. The first-order valence-electron chi connectivity index (χ1n) is 8.65. The Morgan fingerprint density at radius 1 is 1.44 bits per heavy atom. The zero-order valence-corrected chi connectivity index (χ0v) is 18.3. The number of nitrogens with zero attached hydrogens (tertiary/aromatic N) is 3. The fourth-order valence-electron chi connectivity index (χ4n) is 3.69. The molecule has 3 rings (SSSR count). The summed E-state index contributed by atoms with van der Waals surface area (Å²) >= 11 is 8.61. The molecule has 1 aromatic carbocycles. The second-order valence-electron chi connectivity index (χ2n) is 7.46. The van der Waals surface area contributed by atoms with Gasteiger partial charge in [-0.15, -0.1) is 4.99 Å². The summed E-state index contributed by atoms with van der Waals surface area (Å²) in [5.74, 6) is -0.0632. The van der Waals surface area contributed by atoms with Crippen LogP contribution in [-0.4, -0.2) is 59.0 Å². The van der Waals surface area contributed by atoms with Gasteiger partial charge < -0.3 is 15.3 Å². The molecule has 0 unspecified atom stereocenters. The lowest BCUT2D eigenvalue weighted by atomic mass is 9.81. The number of aliphatic imine (C=N–C) groups is 1. The van der Waals surface area contributed by atoms with Gasteiger partial charge in [0.25, 0.3) is 0 Å². The van der Waals surface area contributed by atoms with E-state index in [9.17, 15) is 14.7 Å². The summed E-state index contributed by atoms with van der Waals surface area (Å²) < 4.78 is 0.870. The van der Waals surface area contributed by atoms with Crippen molar-refractivity contribution in [1.82, 2.24) is 15.1 Å². The van der Waals surface area contributed by atoms with E-state index in [4.69, 9.17) is 11.6 Å². The molecule has 27 heavy (non-hydrogen) atoms. The van der Waals surface area contributed by atoms with E-state index in [-0.39, 0.29) is 24.3 Å². The van der Waals surface area contributed by atoms with Crippen molar-refractivity contribution in [3.8, 4) is 0 Å². The summed E-state index contributed by atoms with van der Waals surface area (Å²) in [6, 6.07) is 5.94. The monoisotopic (exact) mass is 504 g/mol. The van der Waals surface area contributed by atoms with Gasteiger partial charge in [-0.1, -0.05) is 23.7 Å². The Bertz CT molecular complexity index is 810. The van der Waals surface area contributed by atoms with Crippen LogP contribution in [0.1, 0.15) is 31.7 Å². The molecule has 0 spiro atoms. The summed E-state index contributed by atoms with van der Waals surface area (Å²) in [4.78, 5) is 31.6. The molecule has 146 valence electrons. The number of carboxylic acid groups (broad SMARTS) is 1. The highest BCUT2D eigenvalue weighted by atomic mass is 127. The SMILES string of the molecule is CN(C)C1CC(N2C(=O)C[C@@](C)(c3cccc(I)c3Cl)N/C2=N\C(=O)O)C1. The van der Waals surface area contributed by atoms with E-state index in [2.05, 4.69) is 37.8 Å². The molecule has 9 heteroatoms. The van der Waals surface area contributed by atoms with Crippen molar-refractivity contribution in [2.75, 3.05) is 14.1 Å². The first-order chi connectivity index (χ1) is 12.6. The Morgan fingerprint density at radius 2 is 2.11 bits per heavy atom. The molecule has 1 saturated heterocycles. The predicted octanol–water partition coefficient (Wildman–Crippen LogP) is 3.11. The fraction of sp³-hybridized carbons (Fsp3) is 0.500. The topological polar surface area (TPSA) is 85.2 Å². The Labute approximate surface area is 176 Å². The normalized spacial score (nSPS) is 29.6. The number of hydrogen-bond donors (Lipinski definition) is 2. The molecule has 1 heterocycles. The van der Waals surface area contributed by atoms with Crippen LogP contribution in [0.25, 0.3) is 0 Å². The van der Waals surface area contributed by atoms with Crippen molar-refractivity contribution in [2.45, 2.75) is 43.8 Å². The third-order valence-electron chi connectivity index (χ3n) is 5.32. The van der Waals surface area contributed by atoms with Gasteiger partial charge in [-0.3, -0.25) is 9.69 Å². The molecule has 2 aliphatic rings. The Morgan fingerprint density at radius 3 is 2.70 bits per heavy atom. The maximum atomic E-state index is 13.0. The maximum absolute atomic E-state index is 13.0. The van der Waals surface area contributed by atoms with Gasteiger partial charge in [-0.2, -0.15) is 0 Å². The zero-order chi connectivity index (χ0) is 19.9. The van der Waals surface area contributed by atoms with Crippen LogP contribution in [0.15, 0.2) is 23.2 Å². The van der Waals surface area contributed by atoms with Gasteiger partial charge in [-0.05, 0) is 68.1 Å². The van der Waals surface area contributed by atoms with Crippen LogP contribution in [-0.2, 0) is 10.3 Å². The van der Waals surface area contributed by atoms with E-state index in [1.165, 1.54) is 4.90 Å². The van der Waals surface area contributed by atoms with Gasteiger partial charge >= 0.3 is 6.09 Å². The van der Waals surface area contributed by atoms with Gasteiger partial charge in [0.05, 0.1) is 17.0 Å². The number of amides is 2. The predicted molar refractivity (Wildman–Crippen MR) is 112 cm³/mol. The van der Waals surface area contributed by atoms with E-state index < -0.39 is 11.6 Å². The molecule has 0 aromatic heterocycles. The van der Waals surface area contributed by atoms with Crippen molar-refractivity contribution in [3.05, 3.63) is 32.4 Å².